The molecule has 112 valence electrons. The summed E-state index contributed by atoms with van der Waals surface area (Å²) in [7, 11) is -1.21. The maximum absolute atomic E-state index is 12.4. The molecule has 0 N–H and O–H groups in total. The molecule has 0 saturated carbocycles. The Labute approximate surface area is 126 Å². The van der Waals surface area contributed by atoms with Crippen molar-refractivity contribution in [2.75, 3.05) is 26.7 Å². The number of sulfonamides is 1. The van der Waals surface area contributed by atoms with Crippen LogP contribution in [0.3, 0.4) is 0 Å². The summed E-state index contributed by atoms with van der Waals surface area (Å²) in [6.07, 6.45) is 0. The summed E-state index contributed by atoms with van der Waals surface area (Å²) in [4.78, 5) is 2.18. The average molecular weight is 317 g/mol. The molecular weight excluding hydrogens is 296 g/mol. The molecule has 6 heteroatoms. The zero-order chi connectivity index (χ0) is 14.8. The topological polar surface area (TPSA) is 40.6 Å². The van der Waals surface area contributed by atoms with Crippen molar-refractivity contribution in [3.63, 3.8) is 0 Å². The van der Waals surface area contributed by atoms with Crippen molar-refractivity contribution in [3.8, 4) is 0 Å². The molecule has 1 fully saturated rings. The number of piperazine rings is 1. The van der Waals surface area contributed by atoms with Crippen LogP contribution in [-0.4, -0.2) is 50.3 Å². The van der Waals surface area contributed by atoms with Gasteiger partial charge in [0.1, 0.15) is 0 Å². The molecule has 0 spiro atoms. The number of nitrogens with zero attached hydrogens (tertiary/aromatic N) is 2. The molecule has 1 unspecified atom stereocenters. The largest absolute Gasteiger partial charge is 0.301 e. The fourth-order valence-corrected chi connectivity index (χ4v) is 4.07. The van der Waals surface area contributed by atoms with Gasteiger partial charge in [-0.15, -0.1) is 11.6 Å². The first-order valence-corrected chi connectivity index (χ1v) is 8.88. The van der Waals surface area contributed by atoms with Crippen molar-refractivity contribution in [3.05, 3.63) is 35.4 Å². The number of hydrogen-bond acceptors (Lipinski definition) is 3. The molecule has 1 atom stereocenters. The van der Waals surface area contributed by atoms with Gasteiger partial charge in [-0.05, 0) is 25.1 Å². The van der Waals surface area contributed by atoms with E-state index in [-0.39, 0.29) is 11.8 Å². The van der Waals surface area contributed by atoms with Crippen LogP contribution in [0.25, 0.3) is 0 Å². The first-order chi connectivity index (χ1) is 9.42. The van der Waals surface area contributed by atoms with E-state index >= 15 is 0 Å². The Morgan fingerprint density at radius 1 is 1.20 bits per heavy atom. The minimum atomic E-state index is -3.24. The molecule has 1 aromatic rings. The highest BCUT2D eigenvalue weighted by Gasteiger charge is 2.29. The maximum Gasteiger partial charge on any atom is 0.218 e. The first kappa shape index (κ1) is 15.8. The summed E-state index contributed by atoms with van der Waals surface area (Å²) in [5.74, 6) is 0.509. The van der Waals surface area contributed by atoms with Gasteiger partial charge in [0.2, 0.25) is 10.0 Å². The standard InChI is InChI=1S/C14H21ClN2O2S/c1-12-10-17(8-7-16(12)2)20(18,19)11-14-5-3-13(9-15)4-6-14/h3-6,12H,7-11H2,1-2H3. The molecule has 1 saturated heterocycles. The normalized spacial score (nSPS) is 22.1. The van der Waals surface area contributed by atoms with Gasteiger partial charge < -0.3 is 4.90 Å². The maximum atomic E-state index is 12.4. The molecule has 0 aliphatic carbocycles. The van der Waals surface area contributed by atoms with E-state index in [0.29, 0.717) is 19.0 Å². The molecule has 1 aliphatic rings. The van der Waals surface area contributed by atoms with E-state index in [2.05, 4.69) is 11.8 Å². The number of halogens is 1. The van der Waals surface area contributed by atoms with E-state index in [1.807, 2.05) is 31.3 Å². The van der Waals surface area contributed by atoms with Crippen LogP contribution in [0.5, 0.6) is 0 Å². The molecule has 2 rings (SSSR count). The van der Waals surface area contributed by atoms with E-state index in [9.17, 15) is 8.42 Å². The van der Waals surface area contributed by atoms with E-state index in [1.54, 1.807) is 4.31 Å². The van der Waals surface area contributed by atoms with Gasteiger partial charge in [-0.25, -0.2) is 8.42 Å². The minimum Gasteiger partial charge on any atom is -0.301 e. The van der Waals surface area contributed by atoms with Crippen molar-refractivity contribution in [2.24, 2.45) is 0 Å². The predicted octanol–water partition coefficient (Wildman–Crippen LogP) is 1.89. The lowest BCUT2D eigenvalue weighted by molar-refractivity contribution is 0.159. The third-order valence-electron chi connectivity index (χ3n) is 3.84. The lowest BCUT2D eigenvalue weighted by Crippen LogP contribution is -2.52. The molecule has 1 heterocycles. The Morgan fingerprint density at radius 2 is 1.80 bits per heavy atom. The highest BCUT2D eigenvalue weighted by Crippen LogP contribution is 2.16. The molecule has 0 amide bonds. The molecule has 1 aromatic carbocycles. The van der Waals surface area contributed by atoms with Gasteiger partial charge in [-0.3, -0.25) is 0 Å². The average Bonchev–Trinajstić information content (AvgIpc) is 2.42. The third-order valence-corrected chi connectivity index (χ3v) is 5.97. The number of rotatable bonds is 4. The smallest absolute Gasteiger partial charge is 0.218 e. The van der Waals surface area contributed by atoms with Crippen molar-refractivity contribution in [2.45, 2.75) is 24.6 Å². The van der Waals surface area contributed by atoms with Crippen molar-refractivity contribution in [1.29, 1.82) is 0 Å². The van der Waals surface area contributed by atoms with E-state index in [1.165, 1.54) is 0 Å². The Hall–Kier alpha value is -0.620. The summed E-state index contributed by atoms with van der Waals surface area (Å²) >= 11 is 5.73. The zero-order valence-corrected chi connectivity index (χ0v) is 13.5. The molecule has 4 nitrogen and oxygen atoms in total. The van der Waals surface area contributed by atoms with Crippen LogP contribution < -0.4 is 0 Å². The van der Waals surface area contributed by atoms with Crippen LogP contribution in [0.4, 0.5) is 0 Å². The predicted molar refractivity (Wildman–Crippen MR) is 82.3 cm³/mol. The fraction of sp³-hybridized carbons (Fsp3) is 0.571. The van der Waals surface area contributed by atoms with Gasteiger partial charge in [-0.2, -0.15) is 4.31 Å². The SMILES string of the molecule is CC1CN(S(=O)(=O)Cc2ccc(CCl)cc2)CCN1C. The van der Waals surface area contributed by atoms with Gasteiger partial charge >= 0.3 is 0 Å². The van der Waals surface area contributed by atoms with Crippen LogP contribution in [0.2, 0.25) is 0 Å². The summed E-state index contributed by atoms with van der Waals surface area (Å²) in [5.41, 5.74) is 1.81. The van der Waals surface area contributed by atoms with Gasteiger partial charge in [0.25, 0.3) is 0 Å². The summed E-state index contributed by atoms with van der Waals surface area (Å²) < 4.78 is 26.5. The lowest BCUT2D eigenvalue weighted by Gasteiger charge is -2.36. The van der Waals surface area contributed by atoms with Gasteiger partial charge in [0, 0.05) is 31.6 Å². The first-order valence-electron chi connectivity index (χ1n) is 6.74. The Kier molecular flexibility index (Phi) is 5.07. The van der Waals surface area contributed by atoms with Crippen molar-refractivity contribution >= 4 is 21.6 Å². The molecule has 1 aliphatic heterocycles. The van der Waals surface area contributed by atoms with Gasteiger partial charge in [0.15, 0.2) is 0 Å². The summed E-state index contributed by atoms with van der Waals surface area (Å²) in [6.45, 7) is 3.98. The third kappa shape index (κ3) is 3.73. The number of hydrogen-bond donors (Lipinski definition) is 0. The lowest BCUT2D eigenvalue weighted by atomic mass is 10.2. The fourth-order valence-electron chi connectivity index (χ4n) is 2.29. The Balaban J connectivity index is 2.06. The number of benzene rings is 1. The number of likely N-dealkylation sites (N-methyl/N-ethyl adjacent to an activating group) is 1. The van der Waals surface area contributed by atoms with E-state index < -0.39 is 10.0 Å². The van der Waals surface area contributed by atoms with Crippen molar-refractivity contribution in [1.82, 2.24) is 9.21 Å². The van der Waals surface area contributed by atoms with Gasteiger partial charge in [-0.1, -0.05) is 24.3 Å². The van der Waals surface area contributed by atoms with E-state index in [0.717, 1.165) is 17.7 Å². The summed E-state index contributed by atoms with van der Waals surface area (Å²) in [5, 5.41) is 0. The molecule has 0 aromatic heterocycles. The Bertz CT molecular complexity index is 545. The van der Waals surface area contributed by atoms with Gasteiger partial charge in [0.05, 0.1) is 5.75 Å². The zero-order valence-electron chi connectivity index (χ0n) is 11.9. The molecule has 20 heavy (non-hydrogen) atoms. The van der Waals surface area contributed by atoms with E-state index in [4.69, 9.17) is 11.6 Å². The molecule has 0 bridgehead atoms. The van der Waals surface area contributed by atoms with Crippen LogP contribution >= 0.6 is 11.6 Å². The van der Waals surface area contributed by atoms with Crippen molar-refractivity contribution < 1.29 is 8.42 Å². The van der Waals surface area contributed by atoms with Crippen LogP contribution in [0.1, 0.15) is 18.1 Å². The second kappa shape index (κ2) is 6.43. The highest BCUT2D eigenvalue weighted by molar-refractivity contribution is 7.88. The summed E-state index contributed by atoms with van der Waals surface area (Å²) in [6, 6.07) is 7.70. The van der Waals surface area contributed by atoms with Crippen LogP contribution in [0.15, 0.2) is 24.3 Å². The highest BCUT2D eigenvalue weighted by atomic mass is 35.5. The second-order valence-corrected chi connectivity index (χ2v) is 7.63. The molecular formula is C14H21ClN2O2S. The quantitative estimate of drug-likeness (QED) is 0.797. The molecule has 0 radical (unpaired) electrons. The minimum absolute atomic E-state index is 0.0615. The Morgan fingerprint density at radius 3 is 2.35 bits per heavy atom. The number of alkyl halides is 1. The van der Waals surface area contributed by atoms with Crippen LogP contribution in [0, 0.1) is 0 Å². The monoisotopic (exact) mass is 316 g/mol. The second-order valence-electron chi connectivity index (χ2n) is 5.39. The van der Waals surface area contributed by atoms with Crippen LogP contribution in [-0.2, 0) is 21.7 Å².